The molecule has 0 saturated carbocycles. The molecular weight excluding hydrogens is 384 g/mol. The van der Waals surface area contributed by atoms with Crippen LogP contribution in [-0.4, -0.2) is 104 Å². The van der Waals surface area contributed by atoms with Crippen LogP contribution in [0.1, 0.15) is 10.5 Å². The van der Waals surface area contributed by atoms with Gasteiger partial charge in [0.25, 0.3) is 12.2 Å². The van der Waals surface area contributed by atoms with Gasteiger partial charge >= 0.3 is 0 Å². The zero-order valence-corrected chi connectivity index (χ0v) is 14.4. The summed E-state index contributed by atoms with van der Waals surface area (Å²) in [6, 6.07) is 0. The molecule has 28 heavy (non-hydrogen) atoms. The zero-order chi connectivity index (χ0) is 20.6. The first-order valence-corrected chi connectivity index (χ1v) is 8.30. The Morgan fingerprint density at radius 3 is 2.29 bits per heavy atom. The molecule has 2 saturated heterocycles. The van der Waals surface area contributed by atoms with Gasteiger partial charge in [0.2, 0.25) is 0 Å². The number of hydrogen-bond acceptors (Lipinski definition) is 12. The van der Waals surface area contributed by atoms with E-state index in [0.717, 1.165) is 11.1 Å². The Morgan fingerprint density at radius 1 is 1.11 bits per heavy atom. The van der Waals surface area contributed by atoms with Crippen molar-refractivity contribution in [3.05, 3.63) is 12.0 Å². The fourth-order valence-corrected chi connectivity index (χ4v) is 2.86. The molecule has 0 aromatic carbocycles. The Bertz CT molecular complexity index is 702. The predicted octanol–water partition coefficient (Wildman–Crippen LogP) is -5.10. The van der Waals surface area contributed by atoms with Crippen molar-refractivity contribution in [3.63, 3.8) is 0 Å². The van der Waals surface area contributed by atoms with E-state index in [0.29, 0.717) is 0 Å². The highest BCUT2D eigenvalue weighted by Crippen LogP contribution is 2.26. The van der Waals surface area contributed by atoms with E-state index >= 15 is 0 Å². The Kier molecular flexibility index (Phi) is 6.01. The monoisotopic (exact) mass is 406 g/mol. The number of nitrogen functional groups attached to an aromatic ring is 1. The quantitative estimate of drug-likeness (QED) is 0.226. The molecule has 0 radical (unpaired) electrons. The van der Waals surface area contributed by atoms with Crippen molar-refractivity contribution in [2.75, 3.05) is 18.9 Å². The van der Waals surface area contributed by atoms with Gasteiger partial charge in [-0.2, -0.15) is 4.73 Å². The average Bonchev–Trinajstić information content (AvgIpc) is 3.25. The molecule has 8 atom stereocenters. The van der Waals surface area contributed by atoms with Gasteiger partial charge < -0.3 is 56.0 Å². The summed E-state index contributed by atoms with van der Waals surface area (Å²) in [5, 5.41) is 48.7. The van der Waals surface area contributed by atoms with Gasteiger partial charge in [0, 0.05) is 0 Å². The number of aromatic nitrogens is 2. The molecule has 1 amide bonds. The van der Waals surface area contributed by atoms with Gasteiger partial charge in [0.1, 0.15) is 43.0 Å². The van der Waals surface area contributed by atoms with Crippen LogP contribution in [0.5, 0.6) is 0 Å². The Balaban J connectivity index is 1.58. The van der Waals surface area contributed by atoms with Crippen molar-refractivity contribution < 1.29 is 49.4 Å². The van der Waals surface area contributed by atoms with Gasteiger partial charge in [0.05, 0.1) is 13.2 Å². The average molecular weight is 406 g/mol. The molecule has 0 spiro atoms. The van der Waals surface area contributed by atoms with E-state index in [4.69, 9.17) is 35.6 Å². The summed E-state index contributed by atoms with van der Waals surface area (Å²) in [5.74, 6) is -1.10. The second kappa shape index (κ2) is 8.14. The van der Waals surface area contributed by atoms with Crippen LogP contribution >= 0.6 is 0 Å². The molecule has 1 aromatic heterocycles. The molecule has 14 heteroatoms. The Hall–Kier alpha value is -2.04. The molecule has 3 heterocycles. The van der Waals surface area contributed by atoms with Crippen LogP contribution in [0.3, 0.4) is 0 Å². The smallest absolute Gasteiger partial charge is 0.271 e. The highest BCUT2D eigenvalue weighted by atomic mass is 16.8. The third-order valence-corrected chi connectivity index (χ3v) is 4.46. The molecule has 1 aromatic rings. The minimum atomic E-state index is -1.50. The van der Waals surface area contributed by atoms with Gasteiger partial charge in [-0.15, -0.1) is 0 Å². The Morgan fingerprint density at radius 2 is 1.71 bits per heavy atom. The van der Waals surface area contributed by atoms with Crippen LogP contribution in [0, 0.1) is 0 Å². The fraction of sp³-hybridized carbons (Fsp3) is 0.714. The normalized spacial score (nSPS) is 38.0. The maximum absolute atomic E-state index is 11.2. The van der Waals surface area contributed by atoms with Crippen molar-refractivity contribution in [2.45, 2.75) is 49.2 Å². The summed E-state index contributed by atoms with van der Waals surface area (Å²) in [6.07, 6.45) is -9.38. The molecule has 14 nitrogen and oxygen atoms in total. The summed E-state index contributed by atoms with van der Waals surface area (Å²) < 4.78 is 16.7. The van der Waals surface area contributed by atoms with Crippen LogP contribution in [0.2, 0.25) is 0 Å². The number of ether oxygens (including phenoxy) is 3. The van der Waals surface area contributed by atoms with Gasteiger partial charge in [-0.25, -0.2) is 4.98 Å². The maximum atomic E-state index is 11.2. The lowest BCUT2D eigenvalue weighted by atomic mass is 10.1. The highest BCUT2D eigenvalue weighted by Gasteiger charge is 2.47. The second-order valence-corrected chi connectivity index (χ2v) is 6.34. The third kappa shape index (κ3) is 3.76. The molecule has 0 bridgehead atoms. The van der Waals surface area contributed by atoms with Crippen molar-refractivity contribution in [2.24, 2.45) is 5.73 Å². The van der Waals surface area contributed by atoms with Gasteiger partial charge in [-0.05, 0) is 0 Å². The third-order valence-electron chi connectivity index (χ3n) is 4.46. The lowest BCUT2D eigenvalue weighted by molar-refractivity contribution is -0.205. The van der Waals surface area contributed by atoms with Crippen LogP contribution < -0.4 is 16.3 Å². The van der Waals surface area contributed by atoms with E-state index in [2.05, 4.69) is 4.98 Å². The number of nitrogens with zero attached hydrogens (tertiary/aromatic N) is 2. The van der Waals surface area contributed by atoms with Gasteiger partial charge in [0.15, 0.2) is 17.8 Å². The molecule has 2 fully saturated rings. The molecule has 3 rings (SSSR count). The van der Waals surface area contributed by atoms with E-state index < -0.39 is 61.7 Å². The Labute approximate surface area is 157 Å². The number of nitrogens with two attached hydrogens (primary N) is 2. The zero-order valence-electron chi connectivity index (χ0n) is 14.4. The SMILES string of the molecule is NC(=O)c1ncn(O[C@H]2O[C@H](COC3O[C@H](CO)[C@@H](O)[C@H]3O)[C@@H](O)[C@H]2O)c1N. The number of carbonyl (C=O) groups excluding carboxylic acids is 1. The van der Waals surface area contributed by atoms with Crippen LogP contribution in [0.4, 0.5) is 5.82 Å². The topological polar surface area (TPSA) is 225 Å². The second-order valence-electron chi connectivity index (χ2n) is 6.34. The van der Waals surface area contributed by atoms with E-state index in [1.54, 1.807) is 0 Å². The molecule has 9 N–H and O–H groups in total. The predicted molar refractivity (Wildman–Crippen MR) is 86.1 cm³/mol. The number of primary amides is 1. The molecule has 158 valence electrons. The first-order valence-electron chi connectivity index (χ1n) is 8.30. The van der Waals surface area contributed by atoms with E-state index in [1.807, 2.05) is 0 Å². The van der Waals surface area contributed by atoms with Crippen molar-refractivity contribution in [1.82, 2.24) is 9.71 Å². The number of amides is 1. The van der Waals surface area contributed by atoms with E-state index in [-0.39, 0.29) is 18.1 Å². The first-order chi connectivity index (χ1) is 13.2. The van der Waals surface area contributed by atoms with Crippen LogP contribution in [-0.2, 0) is 14.2 Å². The molecule has 2 aliphatic rings. The fourth-order valence-electron chi connectivity index (χ4n) is 2.86. The number of anilines is 1. The summed E-state index contributed by atoms with van der Waals surface area (Å²) in [7, 11) is 0. The van der Waals surface area contributed by atoms with Crippen LogP contribution in [0.25, 0.3) is 0 Å². The number of rotatable bonds is 7. The first kappa shape index (κ1) is 20.7. The largest absolute Gasteiger partial charge is 0.394 e. The summed E-state index contributed by atoms with van der Waals surface area (Å²) in [6.45, 7) is -0.856. The summed E-state index contributed by atoms with van der Waals surface area (Å²) >= 11 is 0. The van der Waals surface area contributed by atoms with E-state index in [9.17, 15) is 25.2 Å². The standard InChI is InChI=1S/C14H22N4O10/c15-11-6(12(16)24)17-3-18(11)28-14-10(23)8(21)5(27-14)2-25-13-9(22)7(20)4(1-19)26-13/h3-5,7-10,13-14,19-23H,1-2,15H2,(H2,16,24)/t4-,5-,7-,8-,9-,10-,13?,14-/m1/s1. The number of aliphatic hydroxyl groups excluding tert-OH is 5. The minimum Gasteiger partial charge on any atom is -0.394 e. The van der Waals surface area contributed by atoms with Crippen molar-refractivity contribution in [3.8, 4) is 0 Å². The van der Waals surface area contributed by atoms with Crippen molar-refractivity contribution in [1.29, 1.82) is 0 Å². The lowest BCUT2D eigenvalue weighted by Crippen LogP contribution is -2.39. The molecular formula is C14H22N4O10. The maximum Gasteiger partial charge on any atom is 0.271 e. The van der Waals surface area contributed by atoms with Crippen molar-refractivity contribution >= 4 is 11.7 Å². The summed E-state index contributed by atoms with van der Waals surface area (Å²) in [5.41, 5.74) is 10.5. The number of carbonyl (C=O) groups is 1. The highest BCUT2D eigenvalue weighted by molar-refractivity contribution is 5.95. The number of imidazole rings is 1. The van der Waals surface area contributed by atoms with Crippen LogP contribution in [0.15, 0.2) is 6.33 Å². The minimum absolute atomic E-state index is 0.219. The number of hydrogen-bond donors (Lipinski definition) is 7. The summed E-state index contributed by atoms with van der Waals surface area (Å²) in [4.78, 5) is 20.1. The molecule has 2 aliphatic heterocycles. The molecule has 0 aliphatic carbocycles. The lowest BCUT2D eigenvalue weighted by Gasteiger charge is -2.20. The van der Waals surface area contributed by atoms with Gasteiger partial charge in [-0.1, -0.05) is 0 Å². The van der Waals surface area contributed by atoms with Gasteiger partial charge in [-0.3, -0.25) is 4.79 Å². The van der Waals surface area contributed by atoms with E-state index in [1.165, 1.54) is 0 Å². The number of aliphatic hydroxyl groups is 5. The molecule has 1 unspecified atom stereocenters.